The number of alkyl halides is 1. The van der Waals surface area contributed by atoms with Gasteiger partial charge in [-0.15, -0.1) is 11.6 Å². The van der Waals surface area contributed by atoms with Crippen molar-refractivity contribution in [1.29, 1.82) is 0 Å². The van der Waals surface area contributed by atoms with Gasteiger partial charge in [-0.25, -0.2) is 4.79 Å². The fraction of sp³-hybridized carbons (Fsp3) is 0.333. The van der Waals surface area contributed by atoms with Gasteiger partial charge in [0.1, 0.15) is 0 Å². The normalized spacial score (nSPS) is 12.2. The molecule has 1 rings (SSSR count). The Morgan fingerprint density at radius 1 is 1.41 bits per heavy atom. The number of carboxylic acid groups (broad SMARTS) is 1. The lowest BCUT2D eigenvalue weighted by molar-refractivity contribution is -0.147. The number of aliphatic carboxylic acids is 1. The molecule has 0 aliphatic rings. The molecule has 5 heteroatoms. The molecule has 0 spiro atoms. The minimum Gasteiger partial charge on any atom is -0.479 e. The number of carbonyl (C=O) groups is 2. The standard InChI is InChI=1S/C12H13ClO4/c1-7-2-3-8(10(14)4-5-13)6-9(7)11(15)12(16)17/h2-3,6,11,15H,4-5H2,1H3,(H,16,17). The summed E-state index contributed by atoms with van der Waals surface area (Å²) in [5, 5.41) is 18.2. The van der Waals surface area contributed by atoms with Gasteiger partial charge in [-0.1, -0.05) is 12.1 Å². The average Bonchev–Trinajstić information content (AvgIpc) is 2.28. The molecular weight excluding hydrogens is 244 g/mol. The fourth-order valence-corrected chi connectivity index (χ4v) is 1.64. The molecule has 0 aromatic heterocycles. The van der Waals surface area contributed by atoms with Crippen LogP contribution in [0.3, 0.4) is 0 Å². The Morgan fingerprint density at radius 2 is 2.06 bits per heavy atom. The number of aliphatic hydroxyl groups excluding tert-OH is 1. The number of halogens is 1. The lowest BCUT2D eigenvalue weighted by atomic mass is 9.98. The summed E-state index contributed by atoms with van der Waals surface area (Å²) in [5.74, 6) is -1.29. The van der Waals surface area contributed by atoms with Crippen molar-refractivity contribution in [1.82, 2.24) is 0 Å². The van der Waals surface area contributed by atoms with E-state index in [0.29, 0.717) is 11.1 Å². The van der Waals surface area contributed by atoms with Gasteiger partial charge >= 0.3 is 5.97 Å². The summed E-state index contributed by atoms with van der Waals surface area (Å²) in [6.45, 7) is 1.68. The predicted molar refractivity (Wildman–Crippen MR) is 63.4 cm³/mol. The second-order valence-corrected chi connectivity index (χ2v) is 4.05. The zero-order valence-electron chi connectivity index (χ0n) is 9.31. The molecule has 0 radical (unpaired) electrons. The van der Waals surface area contributed by atoms with Gasteiger partial charge in [-0.2, -0.15) is 0 Å². The number of hydrogen-bond acceptors (Lipinski definition) is 3. The number of aliphatic hydroxyl groups is 1. The highest BCUT2D eigenvalue weighted by Crippen LogP contribution is 2.20. The highest BCUT2D eigenvalue weighted by atomic mass is 35.5. The summed E-state index contributed by atoms with van der Waals surface area (Å²) in [6, 6.07) is 4.62. The van der Waals surface area contributed by atoms with E-state index in [-0.39, 0.29) is 23.6 Å². The maximum atomic E-state index is 11.6. The van der Waals surface area contributed by atoms with Crippen molar-refractivity contribution in [3.05, 3.63) is 34.9 Å². The van der Waals surface area contributed by atoms with Crippen LogP contribution in [0.2, 0.25) is 0 Å². The van der Waals surface area contributed by atoms with Crippen molar-refractivity contribution >= 4 is 23.4 Å². The second kappa shape index (κ2) is 5.80. The van der Waals surface area contributed by atoms with E-state index in [1.807, 2.05) is 0 Å². The van der Waals surface area contributed by atoms with Gasteiger partial charge < -0.3 is 10.2 Å². The largest absolute Gasteiger partial charge is 0.479 e. The molecule has 0 bridgehead atoms. The molecule has 0 saturated heterocycles. The maximum Gasteiger partial charge on any atom is 0.337 e. The molecule has 0 aliphatic carbocycles. The number of ketones is 1. The van der Waals surface area contributed by atoms with Crippen LogP contribution in [0.25, 0.3) is 0 Å². The molecule has 0 aliphatic heterocycles. The molecule has 0 amide bonds. The van der Waals surface area contributed by atoms with Crippen LogP contribution in [0, 0.1) is 6.92 Å². The average molecular weight is 257 g/mol. The first kappa shape index (κ1) is 13.7. The third-order valence-corrected chi connectivity index (χ3v) is 2.64. The van der Waals surface area contributed by atoms with Crippen LogP contribution >= 0.6 is 11.6 Å². The first-order valence-electron chi connectivity index (χ1n) is 5.08. The van der Waals surface area contributed by atoms with Crippen LogP contribution in [-0.2, 0) is 4.79 Å². The van der Waals surface area contributed by atoms with Gasteiger partial charge in [0, 0.05) is 17.9 Å². The molecule has 2 N–H and O–H groups in total. The van der Waals surface area contributed by atoms with Crippen LogP contribution in [0.1, 0.15) is 34.0 Å². The number of aryl methyl sites for hydroxylation is 1. The molecule has 1 atom stereocenters. The van der Waals surface area contributed by atoms with Gasteiger partial charge in [0.25, 0.3) is 0 Å². The molecule has 4 nitrogen and oxygen atoms in total. The minimum absolute atomic E-state index is 0.168. The van der Waals surface area contributed by atoms with Crippen molar-refractivity contribution in [3.63, 3.8) is 0 Å². The first-order valence-corrected chi connectivity index (χ1v) is 5.61. The highest BCUT2D eigenvalue weighted by Gasteiger charge is 2.19. The molecule has 1 aromatic rings. The number of benzene rings is 1. The smallest absolute Gasteiger partial charge is 0.337 e. The monoisotopic (exact) mass is 256 g/mol. The number of carboxylic acids is 1. The van der Waals surface area contributed by atoms with Crippen LogP contribution in [0.5, 0.6) is 0 Å². The summed E-state index contributed by atoms with van der Waals surface area (Å²) < 4.78 is 0. The number of carbonyl (C=O) groups excluding carboxylic acids is 1. The van der Waals surface area contributed by atoms with E-state index in [2.05, 4.69) is 0 Å². The molecule has 92 valence electrons. The van der Waals surface area contributed by atoms with Gasteiger partial charge in [0.15, 0.2) is 11.9 Å². The highest BCUT2D eigenvalue weighted by molar-refractivity contribution is 6.19. The molecule has 0 fully saturated rings. The van der Waals surface area contributed by atoms with E-state index < -0.39 is 12.1 Å². The summed E-state index contributed by atoms with van der Waals surface area (Å²) in [6.07, 6.45) is -1.42. The van der Waals surface area contributed by atoms with E-state index in [0.717, 1.165) is 0 Å². The Kier molecular flexibility index (Phi) is 4.66. The number of Topliss-reactive ketones (excluding diaryl/α,β-unsaturated/α-hetero) is 1. The SMILES string of the molecule is Cc1ccc(C(=O)CCCl)cc1C(O)C(=O)O. The molecule has 0 saturated carbocycles. The molecular formula is C12H13ClO4. The van der Waals surface area contributed by atoms with E-state index in [4.69, 9.17) is 16.7 Å². The topological polar surface area (TPSA) is 74.6 Å². The van der Waals surface area contributed by atoms with Crippen LogP contribution in [0.15, 0.2) is 18.2 Å². The fourth-order valence-electron chi connectivity index (χ4n) is 1.47. The minimum atomic E-state index is -1.61. The zero-order chi connectivity index (χ0) is 13.0. The quantitative estimate of drug-likeness (QED) is 0.624. The lowest BCUT2D eigenvalue weighted by Crippen LogP contribution is -2.13. The summed E-state index contributed by atoms with van der Waals surface area (Å²) in [5.41, 5.74) is 1.23. The first-order chi connectivity index (χ1) is 7.97. The van der Waals surface area contributed by atoms with Gasteiger partial charge in [0.2, 0.25) is 0 Å². The number of hydrogen-bond donors (Lipinski definition) is 2. The third-order valence-electron chi connectivity index (χ3n) is 2.45. The molecule has 1 aromatic carbocycles. The Bertz CT molecular complexity index is 442. The van der Waals surface area contributed by atoms with Gasteiger partial charge in [-0.05, 0) is 24.1 Å². The maximum absolute atomic E-state index is 11.6. The molecule has 0 heterocycles. The summed E-state index contributed by atoms with van der Waals surface area (Å²) in [7, 11) is 0. The van der Waals surface area contributed by atoms with E-state index in [1.165, 1.54) is 6.07 Å². The van der Waals surface area contributed by atoms with Crippen molar-refractivity contribution < 1.29 is 19.8 Å². The van der Waals surface area contributed by atoms with E-state index in [9.17, 15) is 14.7 Å². The Labute approximate surface area is 104 Å². The van der Waals surface area contributed by atoms with Crippen molar-refractivity contribution in [2.24, 2.45) is 0 Å². The third kappa shape index (κ3) is 3.28. The number of rotatable bonds is 5. The predicted octanol–water partition coefficient (Wildman–Crippen LogP) is 1.92. The summed E-state index contributed by atoms with van der Waals surface area (Å²) in [4.78, 5) is 22.3. The van der Waals surface area contributed by atoms with Crippen LogP contribution in [0.4, 0.5) is 0 Å². The molecule has 17 heavy (non-hydrogen) atoms. The van der Waals surface area contributed by atoms with Crippen molar-refractivity contribution in [2.45, 2.75) is 19.4 Å². The van der Waals surface area contributed by atoms with Crippen LogP contribution < -0.4 is 0 Å². The van der Waals surface area contributed by atoms with Gasteiger partial charge in [-0.3, -0.25) is 4.79 Å². The molecule has 1 unspecified atom stereocenters. The van der Waals surface area contributed by atoms with Gasteiger partial charge in [0.05, 0.1) is 0 Å². The lowest BCUT2D eigenvalue weighted by Gasteiger charge is -2.11. The van der Waals surface area contributed by atoms with E-state index in [1.54, 1.807) is 19.1 Å². The van der Waals surface area contributed by atoms with Crippen molar-refractivity contribution in [2.75, 3.05) is 5.88 Å². The van der Waals surface area contributed by atoms with Crippen LogP contribution in [-0.4, -0.2) is 27.8 Å². The zero-order valence-corrected chi connectivity index (χ0v) is 10.1. The Morgan fingerprint density at radius 3 is 2.59 bits per heavy atom. The van der Waals surface area contributed by atoms with E-state index >= 15 is 0 Å². The second-order valence-electron chi connectivity index (χ2n) is 3.67. The summed E-state index contributed by atoms with van der Waals surface area (Å²) >= 11 is 5.47. The van der Waals surface area contributed by atoms with Crippen molar-refractivity contribution in [3.8, 4) is 0 Å². The Hall–Kier alpha value is -1.39. The Balaban J connectivity index is 3.10.